The zero-order valence-electron chi connectivity index (χ0n) is 11.6. The van der Waals surface area contributed by atoms with Crippen LogP contribution >= 0.6 is 0 Å². The molecule has 0 fully saturated rings. The Balaban J connectivity index is 2.27. The number of benzene rings is 2. The molecule has 0 unspecified atom stereocenters. The Labute approximate surface area is 133 Å². The molecule has 0 saturated carbocycles. The second-order valence-electron chi connectivity index (χ2n) is 4.59. The van der Waals surface area contributed by atoms with Crippen LogP contribution in [0.3, 0.4) is 0 Å². The van der Waals surface area contributed by atoms with Crippen molar-refractivity contribution >= 4 is 32.4 Å². The second kappa shape index (κ2) is 5.34. The van der Waals surface area contributed by atoms with Crippen molar-refractivity contribution in [2.75, 3.05) is 0 Å². The van der Waals surface area contributed by atoms with E-state index in [0.29, 0.717) is 10.2 Å². The Bertz CT molecular complexity index is 1090. The third-order valence-electron chi connectivity index (χ3n) is 3.18. The van der Waals surface area contributed by atoms with Gasteiger partial charge in [0.05, 0.1) is 15.9 Å². The average molecular weight is 349 g/mol. The number of rotatable bonds is 4. The third kappa shape index (κ3) is 2.34. The first-order valence-electron chi connectivity index (χ1n) is 6.31. The van der Waals surface area contributed by atoms with E-state index in [4.69, 9.17) is 0 Å². The predicted molar refractivity (Wildman–Crippen MR) is 79.9 cm³/mol. The maximum absolute atomic E-state index is 12.7. The van der Waals surface area contributed by atoms with Crippen molar-refractivity contribution in [3.05, 3.63) is 62.7 Å². The fraction of sp³-hybridized carbons (Fsp3) is 0. The smallest absolute Gasteiger partial charge is 0.258 e. The van der Waals surface area contributed by atoms with Gasteiger partial charge in [0.15, 0.2) is 4.90 Å². The van der Waals surface area contributed by atoms with Gasteiger partial charge in [-0.2, -0.15) is 8.42 Å². The van der Waals surface area contributed by atoms with Crippen molar-refractivity contribution in [2.45, 2.75) is 4.90 Å². The number of non-ortho nitro benzene ring substituents is 1. The maximum Gasteiger partial charge on any atom is 0.296 e. The largest absolute Gasteiger partial charge is 0.296 e. The van der Waals surface area contributed by atoms with E-state index in [1.807, 2.05) is 0 Å². The summed E-state index contributed by atoms with van der Waals surface area (Å²) < 4.78 is 26.0. The molecule has 24 heavy (non-hydrogen) atoms. The summed E-state index contributed by atoms with van der Waals surface area (Å²) in [6, 6.07) is 8.42. The number of aromatic nitrogens is 3. The summed E-state index contributed by atoms with van der Waals surface area (Å²) >= 11 is 0. The molecule has 0 saturated heterocycles. The molecule has 11 nitrogen and oxygen atoms in total. The number of fused-ring (bicyclic) bond motifs is 1. The lowest BCUT2D eigenvalue weighted by Crippen LogP contribution is -2.16. The topological polar surface area (TPSA) is 151 Å². The molecule has 3 aromatic rings. The van der Waals surface area contributed by atoms with Gasteiger partial charge in [-0.15, -0.1) is 9.19 Å². The van der Waals surface area contributed by atoms with Gasteiger partial charge in [-0.05, 0) is 18.2 Å². The van der Waals surface area contributed by atoms with Gasteiger partial charge < -0.3 is 0 Å². The van der Waals surface area contributed by atoms with Gasteiger partial charge in [0.1, 0.15) is 11.0 Å². The lowest BCUT2D eigenvalue weighted by molar-refractivity contribution is -0.396. The Morgan fingerprint density at radius 2 is 1.71 bits per heavy atom. The minimum Gasteiger partial charge on any atom is -0.258 e. The van der Waals surface area contributed by atoms with Gasteiger partial charge in [-0.3, -0.25) is 20.2 Å². The quantitative estimate of drug-likeness (QED) is 0.507. The molecule has 0 radical (unpaired) electrons. The highest BCUT2D eigenvalue weighted by atomic mass is 32.2. The van der Waals surface area contributed by atoms with Crippen LogP contribution in [0.25, 0.3) is 11.0 Å². The standard InChI is InChI=1S/C12H7N5O6S/c18-16(19)8-5-6-12(11(7-8)17(20)21)24(22,23)15-10-4-2-1-3-9(10)13-14-15/h1-7H. The first-order valence-corrected chi connectivity index (χ1v) is 7.75. The average Bonchev–Trinajstić information content (AvgIpc) is 2.98. The van der Waals surface area contributed by atoms with Crippen molar-refractivity contribution in [3.8, 4) is 0 Å². The van der Waals surface area contributed by atoms with Crippen LogP contribution in [0.15, 0.2) is 47.4 Å². The van der Waals surface area contributed by atoms with Gasteiger partial charge in [-0.1, -0.05) is 17.3 Å². The first-order chi connectivity index (χ1) is 11.3. The van der Waals surface area contributed by atoms with Gasteiger partial charge >= 0.3 is 0 Å². The fourth-order valence-corrected chi connectivity index (χ4v) is 3.47. The zero-order valence-corrected chi connectivity index (χ0v) is 12.5. The zero-order chi connectivity index (χ0) is 17.5. The number of nitrogens with zero attached hydrogens (tertiary/aromatic N) is 5. The lowest BCUT2D eigenvalue weighted by Gasteiger charge is -2.05. The maximum atomic E-state index is 12.7. The molecule has 0 spiro atoms. The van der Waals surface area contributed by atoms with E-state index in [1.165, 1.54) is 12.1 Å². The summed E-state index contributed by atoms with van der Waals surface area (Å²) in [6.45, 7) is 0. The van der Waals surface area contributed by atoms with Crippen molar-refractivity contribution in [1.29, 1.82) is 0 Å². The third-order valence-corrected chi connectivity index (χ3v) is 4.80. The molecule has 0 amide bonds. The van der Waals surface area contributed by atoms with Crippen molar-refractivity contribution in [2.24, 2.45) is 0 Å². The molecule has 0 N–H and O–H groups in total. The van der Waals surface area contributed by atoms with Crippen LogP contribution in [-0.4, -0.2) is 32.7 Å². The summed E-state index contributed by atoms with van der Waals surface area (Å²) in [4.78, 5) is 19.3. The van der Waals surface area contributed by atoms with Crippen molar-refractivity contribution in [3.63, 3.8) is 0 Å². The molecule has 2 aromatic carbocycles. The van der Waals surface area contributed by atoms with E-state index in [0.717, 1.165) is 12.1 Å². The van der Waals surface area contributed by atoms with Crippen molar-refractivity contribution in [1.82, 2.24) is 14.4 Å². The molecule has 12 heteroatoms. The van der Waals surface area contributed by atoms with Crippen LogP contribution in [0.4, 0.5) is 11.4 Å². The molecule has 0 bridgehead atoms. The van der Waals surface area contributed by atoms with E-state index in [-0.39, 0.29) is 11.0 Å². The van der Waals surface area contributed by atoms with Gasteiger partial charge in [0.25, 0.3) is 21.4 Å². The van der Waals surface area contributed by atoms with Crippen LogP contribution in [0.1, 0.15) is 0 Å². The Morgan fingerprint density at radius 1 is 1.00 bits per heavy atom. The lowest BCUT2D eigenvalue weighted by atomic mass is 10.3. The minimum atomic E-state index is -4.46. The van der Waals surface area contributed by atoms with Crippen LogP contribution in [0, 0.1) is 20.2 Å². The normalized spacial score (nSPS) is 11.5. The highest BCUT2D eigenvalue weighted by Crippen LogP contribution is 2.30. The summed E-state index contributed by atoms with van der Waals surface area (Å²) in [5.41, 5.74) is -1.09. The SMILES string of the molecule is O=[N+]([O-])c1ccc(S(=O)(=O)n2nnc3ccccc32)c([N+](=O)[O-])c1. The number of hydrogen-bond acceptors (Lipinski definition) is 8. The number of nitro benzene ring substituents is 2. The van der Waals surface area contributed by atoms with E-state index in [2.05, 4.69) is 10.3 Å². The molecular formula is C12H7N5O6S. The summed E-state index contributed by atoms with van der Waals surface area (Å²) in [6.07, 6.45) is 0. The molecule has 1 aromatic heterocycles. The monoisotopic (exact) mass is 349 g/mol. The summed E-state index contributed by atoms with van der Waals surface area (Å²) in [5, 5.41) is 29.1. The molecule has 122 valence electrons. The van der Waals surface area contributed by atoms with Crippen LogP contribution < -0.4 is 0 Å². The molecule has 0 atom stereocenters. The number of hydrogen-bond donors (Lipinski definition) is 0. The van der Waals surface area contributed by atoms with E-state index in [9.17, 15) is 28.6 Å². The highest BCUT2D eigenvalue weighted by molar-refractivity contribution is 7.90. The van der Waals surface area contributed by atoms with Crippen LogP contribution in [0.2, 0.25) is 0 Å². The number of nitro groups is 2. The molecule has 0 aliphatic heterocycles. The Morgan fingerprint density at radius 3 is 2.38 bits per heavy atom. The summed E-state index contributed by atoms with van der Waals surface area (Å²) in [5.74, 6) is 0. The van der Waals surface area contributed by atoms with Crippen LogP contribution in [0.5, 0.6) is 0 Å². The second-order valence-corrected chi connectivity index (χ2v) is 6.33. The minimum absolute atomic E-state index is 0.130. The Kier molecular flexibility index (Phi) is 3.45. The van der Waals surface area contributed by atoms with Gasteiger partial charge in [-0.25, -0.2) is 0 Å². The molecule has 0 aliphatic rings. The van der Waals surface area contributed by atoms with E-state index in [1.54, 1.807) is 12.1 Å². The number of para-hydroxylation sites is 1. The van der Waals surface area contributed by atoms with Crippen molar-refractivity contribution < 1.29 is 18.3 Å². The van der Waals surface area contributed by atoms with Crippen LogP contribution in [-0.2, 0) is 10.0 Å². The van der Waals surface area contributed by atoms with E-state index < -0.39 is 36.1 Å². The van der Waals surface area contributed by atoms with Gasteiger partial charge in [0, 0.05) is 6.07 Å². The molecule has 1 heterocycles. The fourth-order valence-electron chi connectivity index (χ4n) is 2.10. The summed E-state index contributed by atoms with van der Waals surface area (Å²) in [7, 11) is -4.46. The Hall–Kier alpha value is -3.41. The molecular weight excluding hydrogens is 342 g/mol. The predicted octanol–water partition coefficient (Wildman–Crippen LogP) is 1.48. The van der Waals surface area contributed by atoms with Gasteiger partial charge in [0.2, 0.25) is 0 Å². The molecule has 0 aliphatic carbocycles. The van der Waals surface area contributed by atoms with E-state index >= 15 is 0 Å². The molecule has 3 rings (SSSR count). The first kappa shape index (κ1) is 15.5. The highest BCUT2D eigenvalue weighted by Gasteiger charge is 2.31.